The van der Waals surface area contributed by atoms with Crippen molar-refractivity contribution in [2.24, 2.45) is 0 Å². The van der Waals surface area contributed by atoms with Gasteiger partial charge in [0.15, 0.2) is 0 Å². The van der Waals surface area contributed by atoms with Gasteiger partial charge in [0.25, 0.3) is 0 Å². The molecule has 0 spiro atoms. The molecular weight excluding hydrogens is 340 g/mol. The molecule has 0 aliphatic rings. The third-order valence-corrected chi connectivity index (χ3v) is 6.39. The summed E-state index contributed by atoms with van der Waals surface area (Å²) in [5, 5.41) is 3.95. The Morgan fingerprint density at radius 1 is 1.04 bits per heavy atom. The average Bonchev–Trinajstić information content (AvgIpc) is 3.08. The number of nitrogens with zero attached hydrogens (tertiary/aromatic N) is 1. The maximum absolute atomic E-state index is 12.6. The fourth-order valence-electron chi connectivity index (χ4n) is 2.63. The highest BCUT2D eigenvalue weighted by Gasteiger charge is 2.20. The number of rotatable bonds is 6. The molecule has 0 amide bonds. The number of thiophene rings is 1. The Labute approximate surface area is 146 Å². The minimum Gasteiger partial charge on any atom is -0.300 e. The van der Waals surface area contributed by atoms with E-state index in [9.17, 15) is 8.42 Å². The van der Waals surface area contributed by atoms with Crippen molar-refractivity contribution in [2.75, 3.05) is 20.6 Å². The Bertz CT molecular complexity index is 919. The van der Waals surface area contributed by atoms with Gasteiger partial charge < -0.3 is 4.90 Å². The molecule has 3 rings (SSSR count). The van der Waals surface area contributed by atoms with E-state index in [4.69, 9.17) is 0 Å². The molecule has 1 heterocycles. The number of nitrogens with one attached hydrogen (secondary N) is 1. The van der Waals surface area contributed by atoms with E-state index in [1.165, 1.54) is 0 Å². The van der Waals surface area contributed by atoms with E-state index in [1.54, 1.807) is 23.5 Å². The lowest BCUT2D eigenvalue weighted by Crippen LogP contribution is -2.34. The third-order valence-electron chi connectivity index (χ3n) is 3.99. The normalized spacial score (nSPS) is 13.5. The Morgan fingerprint density at radius 3 is 2.46 bits per heavy atom. The summed E-state index contributed by atoms with van der Waals surface area (Å²) in [6.45, 7) is 0.336. The minimum absolute atomic E-state index is 0.0141. The highest BCUT2D eigenvalue weighted by molar-refractivity contribution is 7.89. The first-order chi connectivity index (χ1) is 11.5. The number of fused-ring (bicyclic) bond motifs is 1. The molecule has 6 heteroatoms. The molecule has 0 aliphatic carbocycles. The monoisotopic (exact) mass is 360 g/mol. The molecule has 2 aromatic carbocycles. The van der Waals surface area contributed by atoms with Crippen LogP contribution in [0.4, 0.5) is 0 Å². The van der Waals surface area contributed by atoms with Gasteiger partial charge in [0.2, 0.25) is 10.0 Å². The fourth-order valence-corrected chi connectivity index (χ4v) is 4.62. The van der Waals surface area contributed by atoms with Gasteiger partial charge in [0, 0.05) is 11.4 Å². The van der Waals surface area contributed by atoms with Gasteiger partial charge >= 0.3 is 0 Å². The van der Waals surface area contributed by atoms with Crippen molar-refractivity contribution in [1.82, 2.24) is 9.62 Å². The Kier molecular flexibility index (Phi) is 5.01. The van der Waals surface area contributed by atoms with Gasteiger partial charge in [0.05, 0.1) is 10.9 Å². The van der Waals surface area contributed by atoms with Crippen molar-refractivity contribution in [3.05, 3.63) is 64.9 Å². The Morgan fingerprint density at radius 2 is 1.79 bits per heavy atom. The standard InChI is InChI=1S/C18H20N2O2S2/c1-20(2)17(18-8-5-11-23-18)13-19-24(21,22)16-10-9-14-6-3-4-7-15(14)12-16/h3-12,17,19H,13H2,1-2H3/t17-/m1/s1. The third kappa shape index (κ3) is 3.67. The summed E-state index contributed by atoms with van der Waals surface area (Å²) in [6, 6.07) is 17.0. The summed E-state index contributed by atoms with van der Waals surface area (Å²) in [7, 11) is 0.363. The first kappa shape index (κ1) is 17.1. The molecule has 0 unspecified atom stereocenters. The van der Waals surface area contributed by atoms with Crippen LogP contribution in [0.3, 0.4) is 0 Å². The molecule has 0 radical (unpaired) electrons. The van der Waals surface area contributed by atoms with Gasteiger partial charge in [-0.1, -0.05) is 36.4 Å². The van der Waals surface area contributed by atoms with E-state index >= 15 is 0 Å². The molecule has 0 saturated carbocycles. The van der Waals surface area contributed by atoms with Gasteiger partial charge in [-0.3, -0.25) is 0 Å². The molecule has 0 bridgehead atoms. The number of hydrogen-bond donors (Lipinski definition) is 1. The summed E-state index contributed by atoms with van der Waals surface area (Å²) in [6.07, 6.45) is 0. The van der Waals surface area contributed by atoms with Crippen molar-refractivity contribution in [3.8, 4) is 0 Å². The van der Waals surface area contributed by atoms with Crippen LogP contribution in [0.25, 0.3) is 10.8 Å². The SMILES string of the molecule is CN(C)[C@H](CNS(=O)(=O)c1ccc2ccccc2c1)c1cccs1. The van der Waals surface area contributed by atoms with Crippen LogP contribution in [0.5, 0.6) is 0 Å². The summed E-state index contributed by atoms with van der Waals surface area (Å²) in [5.41, 5.74) is 0. The fraction of sp³-hybridized carbons (Fsp3) is 0.222. The van der Waals surface area contributed by atoms with Gasteiger partial charge in [-0.15, -0.1) is 11.3 Å². The molecule has 126 valence electrons. The predicted molar refractivity (Wildman–Crippen MR) is 99.9 cm³/mol. The van der Waals surface area contributed by atoms with E-state index in [2.05, 4.69) is 4.72 Å². The zero-order valence-electron chi connectivity index (χ0n) is 13.6. The second-order valence-corrected chi connectivity index (χ2v) is 8.60. The zero-order valence-corrected chi connectivity index (χ0v) is 15.3. The highest BCUT2D eigenvalue weighted by Crippen LogP contribution is 2.24. The van der Waals surface area contributed by atoms with Crippen molar-refractivity contribution in [2.45, 2.75) is 10.9 Å². The van der Waals surface area contributed by atoms with Gasteiger partial charge in [0.1, 0.15) is 0 Å². The average molecular weight is 361 g/mol. The Balaban J connectivity index is 1.82. The van der Waals surface area contributed by atoms with Crippen LogP contribution >= 0.6 is 11.3 Å². The molecule has 1 atom stereocenters. The number of likely N-dealkylation sites (N-methyl/N-ethyl adjacent to an activating group) is 1. The van der Waals surface area contributed by atoms with E-state index in [0.29, 0.717) is 11.4 Å². The van der Waals surface area contributed by atoms with E-state index < -0.39 is 10.0 Å². The number of benzene rings is 2. The molecule has 0 saturated heterocycles. The van der Waals surface area contributed by atoms with Gasteiger partial charge in [-0.25, -0.2) is 13.1 Å². The molecule has 3 aromatic rings. The molecule has 4 nitrogen and oxygen atoms in total. The largest absolute Gasteiger partial charge is 0.300 e. The van der Waals surface area contributed by atoms with E-state index in [0.717, 1.165) is 15.6 Å². The molecule has 1 N–H and O–H groups in total. The predicted octanol–water partition coefficient (Wildman–Crippen LogP) is 3.48. The summed E-state index contributed by atoms with van der Waals surface area (Å²) in [5.74, 6) is 0. The number of sulfonamides is 1. The van der Waals surface area contributed by atoms with E-state index in [-0.39, 0.29) is 6.04 Å². The van der Waals surface area contributed by atoms with Crippen LogP contribution in [-0.4, -0.2) is 34.0 Å². The van der Waals surface area contributed by atoms with Crippen molar-refractivity contribution in [3.63, 3.8) is 0 Å². The van der Waals surface area contributed by atoms with Crippen LogP contribution in [0.1, 0.15) is 10.9 Å². The maximum atomic E-state index is 12.6. The van der Waals surface area contributed by atoms with Crippen molar-refractivity contribution in [1.29, 1.82) is 0 Å². The van der Waals surface area contributed by atoms with E-state index in [1.807, 2.05) is 66.8 Å². The lowest BCUT2D eigenvalue weighted by Gasteiger charge is -2.23. The lowest BCUT2D eigenvalue weighted by molar-refractivity contribution is 0.303. The summed E-state index contributed by atoms with van der Waals surface area (Å²) in [4.78, 5) is 3.46. The Hall–Kier alpha value is -1.73. The summed E-state index contributed by atoms with van der Waals surface area (Å²) < 4.78 is 28.0. The second kappa shape index (κ2) is 7.03. The lowest BCUT2D eigenvalue weighted by atomic mass is 10.1. The van der Waals surface area contributed by atoms with Gasteiger partial charge in [-0.2, -0.15) is 0 Å². The quantitative estimate of drug-likeness (QED) is 0.732. The molecule has 0 aliphatic heterocycles. The molecule has 24 heavy (non-hydrogen) atoms. The molecule has 0 fully saturated rings. The minimum atomic E-state index is -3.54. The van der Waals surface area contributed by atoms with Gasteiger partial charge in [-0.05, 0) is 48.4 Å². The van der Waals surface area contributed by atoms with Crippen LogP contribution in [0.15, 0.2) is 64.9 Å². The molecular formula is C18H20N2O2S2. The van der Waals surface area contributed by atoms with Crippen LogP contribution in [0.2, 0.25) is 0 Å². The first-order valence-corrected chi connectivity index (χ1v) is 10.0. The van der Waals surface area contributed by atoms with Crippen molar-refractivity contribution < 1.29 is 8.42 Å². The smallest absolute Gasteiger partial charge is 0.240 e. The second-order valence-electron chi connectivity index (χ2n) is 5.86. The highest BCUT2D eigenvalue weighted by atomic mass is 32.2. The van der Waals surface area contributed by atoms with Crippen LogP contribution < -0.4 is 4.72 Å². The zero-order chi connectivity index (χ0) is 17.2. The topological polar surface area (TPSA) is 49.4 Å². The first-order valence-electron chi connectivity index (χ1n) is 7.66. The summed E-state index contributed by atoms with van der Waals surface area (Å²) >= 11 is 1.63. The number of hydrogen-bond acceptors (Lipinski definition) is 4. The molecule has 1 aromatic heterocycles. The van der Waals surface area contributed by atoms with Crippen LogP contribution in [-0.2, 0) is 10.0 Å². The maximum Gasteiger partial charge on any atom is 0.240 e. The van der Waals surface area contributed by atoms with Crippen molar-refractivity contribution >= 4 is 32.1 Å². The van der Waals surface area contributed by atoms with Crippen LogP contribution in [0, 0.1) is 0 Å².